The molecule has 0 amide bonds. The van der Waals surface area contributed by atoms with Crippen LogP contribution >= 0.6 is 0 Å². The molecule has 1 nitrogen and oxygen atoms in total. The zero-order valence-electron chi connectivity index (χ0n) is 6.80. The van der Waals surface area contributed by atoms with Crippen molar-refractivity contribution in [3.8, 4) is 0 Å². The van der Waals surface area contributed by atoms with E-state index in [1.165, 1.54) is 18.4 Å². The minimum Gasteiger partial charge on any atom is -0.305 e. The Morgan fingerprint density at radius 2 is 2.20 bits per heavy atom. The van der Waals surface area contributed by atoms with Crippen LogP contribution in [0, 0.1) is 0 Å². The van der Waals surface area contributed by atoms with Crippen LogP contribution in [0.2, 0.25) is 0 Å². The van der Waals surface area contributed by atoms with Gasteiger partial charge in [0.2, 0.25) is 0 Å². The highest BCUT2D eigenvalue weighted by atomic mass is 15.0. The van der Waals surface area contributed by atoms with Crippen molar-refractivity contribution in [3.63, 3.8) is 0 Å². The number of allylic oxidation sites excluding steroid dienone is 2. The van der Waals surface area contributed by atoms with Gasteiger partial charge in [-0.3, -0.25) is 0 Å². The molecule has 0 N–H and O–H groups in total. The second kappa shape index (κ2) is 3.57. The highest BCUT2D eigenvalue weighted by Crippen LogP contribution is 2.09. The van der Waals surface area contributed by atoms with Crippen molar-refractivity contribution < 1.29 is 0 Å². The van der Waals surface area contributed by atoms with E-state index in [-0.39, 0.29) is 0 Å². The van der Waals surface area contributed by atoms with E-state index in [1.807, 2.05) is 0 Å². The van der Waals surface area contributed by atoms with Gasteiger partial charge in [0.05, 0.1) is 0 Å². The van der Waals surface area contributed by atoms with E-state index in [2.05, 4.69) is 37.2 Å². The lowest BCUT2D eigenvalue weighted by atomic mass is 10.1. The predicted molar refractivity (Wildman–Crippen MR) is 45.0 cm³/mol. The molecule has 0 atom stereocenters. The highest BCUT2D eigenvalue weighted by Gasteiger charge is 1.97. The lowest BCUT2D eigenvalue weighted by Crippen LogP contribution is -2.14. The quantitative estimate of drug-likeness (QED) is 0.561. The molecule has 0 aliphatic heterocycles. The van der Waals surface area contributed by atoms with Crippen molar-refractivity contribution in [1.29, 1.82) is 0 Å². The summed E-state index contributed by atoms with van der Waals surface area (Å²) >= 11 is 0. The molecule has 1 rings (SSSR count). The van der Waals surface area contributed by atoms with Crippen molar-refractivity contribution in [2.45, 2.75) is 12.8 Å². The summed E-state index contributed by atoms with van der Waals surface area (Å²) in [6.07, 6.45) is 9.24. The molecule has 10 heavy (non-hydrogen) atoms. The summed E-state index contributed by atoms with van der Waals surface area (Å²) in [6.45, 7) is 1.08. The van der Waals surface area contributed by atoms with Crippen molar-refractivity contribution in [2.24, 2.45) is 0 Å². The summed E-state index contributed by atoms with van der Waals surface area (Å²) in [5, 5.41) is 0. The van der Waals surface area contributed by atoms with E-state index in [9.17, 15) is 0 Å². The molecule has 0 saturated carbocycles. The molecule has 0 fully saturated rings. The number of nitrogens with zero attached hydrogens (tertiary/aromatic N) is 1. The molecule has 1 heteroatoms. The summed E-state index contributed by atoms with van der Waals surface area (Å²) in [7, 11) is 4.20. The monoisotopic (exact) mass is 137 g/mol. The van der Waals surface area contributed by atoms with Gasteiger partial charge in [-0.25, -0.2) is 0 Å². The highest BCUT2D eigenvalue weighted by molar-refractivity contribution is 5.23. The number of hydrogen-bond donors (Lipinski definition) is 0. The number of rotatable bonds is 2. The zero-order chi connectivity index (χ0) is 7.40. The maximum absolute atomic E-state index is 2.32. The fourth-order valence-electron chi connectivity index (χ4n) is 1.15. The van der Waals surface area contributed by atoms with Crippen molar-refractivity contribution in [1.82, 2.24) is 4.90 Å². The maximum Gasteiger partial charge on any atom is 0.0224 e. The largest absolute Gasteiger partial charge is 0.305 e. The van der Waals surface area contributed by atoms with Crippen LogP contribution in [0.5, 0.6) is 0 Å². The van der Waals surface area contributed by atoms with Crippen LogP contribution in [0.15, 0.2) is 23.8 Å². The molecule has 0 radical (unpaired) electrons. The zero-order valence-corrected chi connectivity index (χ0v) is 6.80. The van der Waals surface area contributed by atoms with Gasteiger partial charge in [0.15, 0.2) is 0 Å². The van der Waals surface area contributed by atoms with E-state index >= 15 is 0 Å². The SMILES string of the molecule is CN(C)CC1=CCCC=C1. The van der Waals surface area contributed by atoms with Gasteiger partial charge in [-0.05, 0) is 32.5 Å². The van der Waals surface area contributed by atoms with Gasteiger partial charge in [-0.15, -0.1) is 0 Å². The van der Waals surface area contributed by atoms with Gasteiger partial charge in [-0.2, -0.15) is 0 Å². The standard InChI is InChI=1S/C9H15N/c1-10(2)8-9-6-4-3-5-7-9/h4,6-7H,3,5,8H2,1-2H3. The van der Waals surface area contributed by atoms with Crippen LogP contribution in [0.1, 0.15) is 12.8 Å². The first kappa shape index (κ1) is 7.55. The van der Waals surface area contributed by atoms with Crippen LogP contribution < -0.4 is 0 Å². The number of likely N-dealkylation sites (N-methyl/N-ethyl adjacent to an activating group) is 1. The molecule has 0 aromatic heterocycles. The normalized spacial score (nSPS) is 17.7. The maximum atomic E-state index is 2.32. The Morgan fingerprint density at radius 1 is 1.40 bits per heavy atom. The topological polar surface area (TPSA) is 3.24 Å². The molecule has 0 bridgehead atoms. The van der Waals surface area contributed by atoms with Crippen LogP contribution in [-0.2, 0) is 0 Å². The van der Waals surface area contributed by atoms with E-state index in [0.29, 0.717) is 0 Å². The van der Waals surface area contributed by atoms with Gasteiger partial charge in [0.1, 0.15) is 0 Å². The van der Waals surface area contributed by atoms with E-state index < -0.39 is 0 Å². The Kier molecular flexibility index (Phi) is 2.69. The third-order valence-electron chi connectivity index (χ3n) is 1.57. The Balaban J connectivity index is 2.40. The smallest absolute Gasteiger partial charge is 0.0224 e. The van der Waals surface area contributed by atoms with Gasteiger partial charge in [0.25, 0.3) is 0 Å². The fourth-order valence-corrected chi connectivity index (χ4v) is 1.15. The summed E-state index contributed by atoms with van der Waals surface area (Å²) < 4.78 is 0. The molecule has 56 valence electrons. The first-order valence-electron chi connectivity index (χ1n) is 3.79. The molecule has 0 saturated heterocycles. The molecule has 0 heterocycles. The summed E-state index contributed by atoms with van der Waals surface area (Å²) in [5.41, 5.74) is 1.45. The Hall–Kier alpha value is -0.560. The lowest BCUT2D eigenvalue weighted by molar-refractivity contribution is 0.448. The van der Waals surface area contributed by atoms with Crippen LogP contribution in [0.25, 0.3) is 0 Å². The molecule has 0 spiro atoms. The average molecular weight is 137 g/mol. The Bertz CT molecular complexity index is 154. The van der Waals surface area contributed by atoms with E-state index in [4.69, 9.17) is 0 Å². The lowest BCUT2D eigenvalue weighted by Gasteiger charge is -2.12. The van der Waals surface area contributed by atoms with Crippen molar-refractivity contribution >= 4 is 0 Å². The van der Waals surface area contributed by atoms with Crippen LogP contribution in [0.4, 0.5) is 0 Å². The van der Waals surface area contributed by atoms with Crippen molar-refractivity contribution in [3.05, 3.63) is 23.8 Å². The molecule has 1 aliphatic rings. The van der Waals surface area contributed by atoms with Gasteiger partial charge < -0.3 is 4.90 Å². The second-order valence-electron chi connectivity index (χ2n) is 3.00. The first-order chi connectivity index (χ1) is 4.79. The van der Waals surface area contributed by atoms with Crippen LogP contribution in [0.3, 0.4) is 0 Å². The molecular formula is C9H15N. The molecule has 0 aromatic rings. The Morgan fingerprint density at radius 3 is 2.70 bits per heavy atom. The molecule has 0 unspecified atom stereocenters. The average Bonchev–Trinajstić information content (AvgIpc) is 1.88. The predicted octanol–water partition coefficient (Wildman–Crippen LogP) is 1.82. The minimum absolute atomic E-state index is 1.08. The summed E-state index contributed by atoms with van der Waals surface area (Å²) in [5.74, 6) is 0. The molecule has 0 aromatic carbocycles. The fraction of sp³-hybridized carbons (Fsp3) is 0.556. The third kappa shape index (κ3) is 2.36. The van der Waals surface area contributed by atoms with E-state index in [0.717, 1.165) is 6.54 Å². The van der Waals surface area contributed by atoms with Gasteiger partial charge in [0, 0.05) is 6.54 Å². The van der Waals surface area contributed by atoms with Gasteiger partial charge >= 0.3 is 0 Å². The minimum atomic E-state index is 1.08. The first-order valence-corrected chi connectivity index (χ1v) is 3.79. The van der Waals surface area contributed by atoms with Crippen LogP contribution in [-0.4, -0.2) is 25.5 Å². The molecule has 1 aliphatic carbocycles. The van der Waals surface area contributed by atoms with E-state index in [1.54, 1.807) is 0 Å². The number of hydrogen-bond acceptors (Lipinski definition) is 1. The Labute approximate surface area is 63.0 Å². The second-order valence-corrected chi connectivity index (χ2v) is 3.00. The molecular weight excluding hydrogens is 122 g/mol. The summed E-state index contributed by atoms with van der Waals surface area (Å²) in [4.78, 5) is 2.20. The van der Waals surface area contributed by atoms with Gasteiger partial charge in [-0.1, -0.05) is 18.2 Å². The van der Waals surface area contributed by atoms with Crippen molar-refractivity contribution in [2.75, 3.05) is 20.6 Å². The third-order valence-corrected chi connectivity index (χ3v) is 1.57. The summed E-state index contributed by atoms with van der Waals surface area (Å²) in [6, 6.07) is 0.